The van der Waals surface area contributed by atoms with Crippen LogP contribution in [-0.4, -0.2) is 19.6 Å². The van der Waals surface area contributed by atoms with Gasteiger partial charge in [0, 0.05) is 21.7 Å². The van der Waals surface area contributed by atoms with E-state index in [1.165, 1.54) is 53.9 Å². The van der Waals surface area contributed by atoms with Crippen LogP contribution in [0.25, 0.3) is 0 Å². The van der Waals surface area contributed by atoms with Gasteiger partial charge in [-0.3, -0.25) is 20.3 Å². The van der Waals surface area contributed by atoms with E-state index in [2.05, 4.69) is 15.2 Å². The van der Waals surface area contributed by atoms with Crippen molar-refractivity contribution in [2.24, 2.45) is 5.10 Å². The number of nitro benzene ring substituents is 1. The third kappa shape index (κ3) is 4.85. The van der Waals surface area contributed by atoms with Crippen LogP contribution in [0.1, 0.15) is 4.88 Å². The molecule has 2 aromatic carbocycles. The van der Waals surface area contributed by atoms with Gasteiger partial charge in [-0.25, -0.2) is 8.42 Å². The molecule has 1 aromatic heterocycles. The van der Waals surface area contributed by atoms with E-state index in [0.717, 1.165) is 10.9 Å². The van der Waals surface area contributed by atoms with E-state index in [9.17, 15) is 18.5 Å². The largest absolute Gasteiger partial charge is 0.295 e. The van der Waals surface area contributed by atoms with Crippen LogP contribution < -0.4 is 10.1 Å². The smallest absolute Gasteiger partial charge is 0.280 e. The molecule has 3 aromatic rings. The van der Waals surface area contributed by atoms with Gasteiger partial charge in [0.05, 0.1) is 16.0 Å². The number of hydrazone groups is 1. The highest BCUT2D eigenvalue weighted by molar-refractivity contribution is 7.92. The molecule has 0 amide bonds. The van der Waals surface area contributed by atoms with Gasteiger partial charge in [0.15, 0.2) is 0 Å². The Morgan fingerprint density at radius 2 is 1.89 bits per heavy atom. The van der Waals surface area contributed by atoms with Crippen LogP contribution in [0.4, 0.5) is 17.1 Å². The SMILES string of the molecule is O=[N+]([O-])c1cc(S(=O)(=O)Nc2ccc(Cl)cc2)ccc1N/N=C\c1cccs1. The number of hydrogen-bond donors (Lipinski definition) is 2. The highest BCUT2D eigenvalue weighted by Gasteiger charge is 2.21. The first kappa shape index (κ1) is 19.8. The van der Waals surface area contributed by atoms with E-state index >= 15 is 0 Å². The zero-order valence-electron chi connectivity index (χ0n) is 14.1. The fourth-order valence-electron chi connectivity index (χ4n) is 2.19. The number of hydrogen-bond acceptors (Lipinski definition) is 7. The number of sulfonamides is 1. The quantitative estimate of drug-likeness (QED) is 0.320. The predicted octanol–water partition coefficient (Wildman–Crippen LogP) is 4.56. The Morgan fingerprint density at radius 1 is 1.14 bits per heavy atom. The molecule has 0 saturated carbocycles. The second kappa shape index (κ2) is 8.38. The van der Waals surface area contributed by atoms with Crippen LogP contribution in [0.5, 0.6) is 0 Å². The predicted molar refractivity (Wildman–Crippen MR) is 111 cm³/mol. The van der Waals surface area contributed by atoms with E-state index < -0.39 is 20.6 Å². The molecule has 0 saturated heterocycles. The zero-order valence-corrected chi connectivity index (χ0v) is 16.5. The molecule has 28 heavy (non-hydrogen) atoms. The first-order valence-corrected chi connectivity index (χ1v) is 10.5. The maximum atomic E-state index is 12.5. The summed E-state index contributed by atoms with van der Waals surface area (Å²) in [5.41, 5.74) is 2.52. The lowest BCUT2D eigenvalue weighted by atomic mass is 10.3. The number of nitrogens with zero attached hydrogens (tertiary/aromatic N) is 2. The number of nitro groups is 1. The molecule has 0 fully saturated rings. The fraction of sp³-hybridized carbons (Fsp3) is 0. The summed E-state index contributed by atoms with van der Waals surface area (Å²) in [4.78, 5) is 11.3. The van der Waals surface area contributed by atoms with Crippen molar-refractivity contribution in [1.29, 1.82) is 0 Å². The van der Waals surface area contributed by atoms with Crippen molar-refractivity contribution in [2.45, 2.75) is 4.90 Å². The molecule has 0 atom stereocenters. The molecule has 0 radical (unpaired) electrons. The monoisotopic (exact) mass is 436 g/mol. The molecule has 0 spiro atoms. The van der Waals surface area contributed by atoms with Crippen LogP contribution in [0.15, 0.2) is 70.0 Å². The molecule has 0 aliphatic carbocycles. The minimum absolute atomic E-state index is 0.0725. The summed E-state index contributed by atoms with van der Waals surface area (Å²) in [6, 6.07) is 13.2. The molecule has 0 bridgehead atoms. The molecular weight excluding hydrogens is 424 g/mol. The Labute approximate surface area is 169 Å². The first-order valence-electron chi connectivity index (χ1n) is 7.74. The fourth-order valence-corrected chi connectivity index (χ4v) is 3.98. The Balaban J connectivity index is 1.85. The summed E-state index contributed by atoms with van der Waals surface area (Å²) >= 11 is 7.23. The standard InChI is InChI=1S/C17H13ClN4O4S2/c18-12-3-5-13(6-4-12)21-28(25,26)15-7-8-16(17(10-15)22(23)24)20-19-11-14-2-1-9-27-14/h1-11,20-21H/b19-11-. The molecule has 0 aliphatic heterocycles. The van der Waals surface area contributed by atoms with Crippen molar-refractivity contribution >= 4 is 56.2 Å². The van der Waals surface area contributed by atoms with Gasteiger partial charge >= 0.3 is 0 Å². The number of benzene rings is 2. The van der Waals surface area contributed by atoms with E-state index in [1.807, 2.05) is 17.5 Å². The molecule has 11 heteroatoms. The van der Waals surface area contributed by atoms with Crippen molar-refractivity contribution < 1.29 is 13.3 Å². The molecular formula is C17H13ClN4O4S2. The van der Waals surface area contributed by atoms with Gasteiger partial charge in [0.1, 0.15) is 5.69 Å². The Bertz CT molecular complexity index is 1110. The van der Waals surface area contributed by atoms with Gasteiger partial charge in [-0.2, -0.15) is 5.10 Å². The van der Waals surface area contributed by atoms with Gasteiger partial charge in [-0.05, 0) is 47.8 Å². The minimum Gasteiger partial charge on any atom is -0.280 e. The molecule has 0 unspecified atom stereocenters. The minimum atomic E-state index is -4.02. The van der Waals surface area contributed by atoms with E-state index in [-0.39, 0.29) is 16.3 Å². The van der Waals surface area contributed by atoms with Crippen LogP contribution in [0.3, 0.4) is 0 Å². The van der Waals surface area contributed by atoms with Crippen LogP contribution in [0.2, 0.25) is 5.02 Å². The number of rotatable bonds is 7. The van der Waals surface area contributed by atoms with E-state index in [1.54, 1.807) is 0 Å². The van der Waals surface area contributed by atoms with Crippen molar-refractivity contribution in [3.05, 3.63) is 80.0 Å². The van der Waals surface area contributed by atoms with Crippen molar-refractivity contribution in [3.63, 3.8) is 0 Å². The van der Waals surface area contributed by atoms with Crippen LogP contribution in [-0.2, 0) is 10.0 Å². The molecule has 2 N–H and O–H groups in total. The maximum absolute atomic E-state index is 12.5. The zero-order chi connectivity index (χ0) is 20.1. The summed E-state index contributed by atoms with van der Waals surface area (Å²) in [6.45, 7) is 0. The second-order valence-corrected chi connectivity index (χ2v) is 8.53. The second-order valence-electron chi connectivity index (χ2n) is 5.43. The molecule has 144 valence electrons. The summed E-state index contributed by atoms with van der Waals surface area (Å²) in [6.07, 6.45) is 1.52. The Kier molecular flexibility index (Phi) is 5.93. The van der Waals surface area contributed by atoms with Gasteiger partial charge in [0.2, 0.25) is 0 Å². The van der Waals surface area contributed by atoms with Gasteiger partial charge in [0.25, 0.3) is 15.7 Å². The van der Waals surface area contributed by atoms with Crippen molar-refractivity contribution in [1.82, 2.24) is 0 Å². The number of anilines is 2. The maximum Gasteiger partial charge on any atom is 0.295 e. The van der Waals surface area contributed by atoms with Crippen molar-refractivity contribution in [3.8, 4) is 0 Å². The average molecular weight is 437 g/mol. The van der Waals surface area contributed by atoms with Crippen LogP contribution >= 0.6 is 22.9 Å². The van der Waals surface area contributed by atoms with Gasteiger partial charge in [-0.15, -0.1) is 11.3 Å². The lowest BCUT2D eigenvalue weighted by Crippen LogP contribution is -2.13. The lowest BCUT2D eigenvalue weighted by molar-refractivity contribution is -0.384. The van der Waals surface area contributed by atoms with Crippen molar-refractivity contribution in [2.75, 3.05) is 10.1 Å². The van der Waals surface area contributed by atoms with E-state index in [4.69, 9.17) is 11.6 Å². The highest BCUT2D eigenvalue weighted by atomic mass is 35.5. The number of nitrogens with one attached hydrogen (secondary N) is 2. The van der Waals surface area contributed by atoms with E-state index in [0.29, 0.717) is 5.02 Å². The summed E-state index contributed by atoms with van der Waals surface area (Å²) in [5.74, 6) is 0. The Morgan fingerprint density at radius 3 is 2.54 bits per heavy atom. The molecule has 0 aliphatic rings. The summed E-state index contributed by atoms with van der Waals surface area (Å²) in [7, 11) is -4.02. The summed E-state index contributed by atoms with van der Waals surface area (Å²) in [5, 5.41) is 17.7. The molecule has 1 heterocycles. The third-order valence-corrected chi connectivity index (χ3v) is 5.93. The topological polar surface area (TPSA) is 114 Å². The molecule has 3 rings (SSSR count). The molecule has 8 nitrogen and oxygen atoms in total. The van der Waals surface area contributed by atoms with Crippen LogP contribution in [0, 0.1) is 10.1 Å². The van der Waals surface area contributed by atoms with Gasteiger partial charge in [-0.1, -0.05) is 17.7 Å². The third-order valence-electron chi connectivity index (χ3n) is 3.49. The average Bonchev–Trinajstić information content (AvgIpc) is 3.17. The Hall–Kier alpha value is -2.95. The van der Waals surface area contributed by atoms with Gasteiger partial charge < -0.3 is 0 Å². The normalized spacial score (nSPS) is 11.5. The number of thiophene rings is 1. The first-order chi connectivity index (χ1) is 13.3. The lowest BCUT2D eigenvalue weighted by Gasteiger charge is -2.09. The summed E-state index contributed by atoms with van der Waals surface area (Å²) < 4.78 is 27.4. The highest BCUT2D eigenvalue weighted by Crippen LogP contribution is 2.28. The number of halogens is 1.